The molecule has 28 heavy (non-hydrogen) atoms. The molecule has 0 aromatic heterocycles. The molecule has 1 aliphatic heterocycles. The molecule has 3 aromatic carbocycles. The average Bonchev–Trinajstić information content (AvgIpc) is 2.69. The number of hydrogen-bond acceptors (Lipinski definition) is 4. The van der Waals surface area contributed by atoms with Crippen LogP contribution in [0.15, 0.2) is 65.6 Å². The van der Waals surface area contributed by atoms with Crippen LogP contribution in [0.3, 0.4) is 0 Å². The first-order chi connectivity index (χ1) is 13.4. The van der Waals surface area contributed by atoms with Crippen molar-refractivity contribution in [2.24, 2.45) is 0 Å². The SMILES string of the molecule is Cc1ccc(S(=O)(=O)NCCN2C(=O)c3cccc4cccc(c34)C2=O)cc1. The van der Waals surface area contributed by atoms with Crippen LogP contribution in [0.25, 0.3) is 10.8 Å². The molecule has 0 fully saturated rings. The minimum atomic E-state index is -3.71. The van der Waals surface area contributed by atoms with E-state index >= 15 is 0 Å². The molecule has 0 bridgehead atoms. The van der Waals surface area contributed by atoms with Crippen LogP contribution in [0.5, 0.6) is 0 Å². The van der Waals surface area contributed by atoms with Crippen molar-refractivity contribution in [1.82, 2.24) is 9.62 Å². The summed E-state index contributed by atoms with van der Waals surface area (Å²) in [4.78, 5) is 26.8. The third-order valence-corrected chi connectivity index (χ3v) is 6.29. The van der Waals surface area contributed by atoms with Crippen LogP contribution in [-0.4, -0.2) is 38.2 Å². The summed E-state index contributed by atoms with van der Waals surface area (Å²) in [5, 5.41) is 1.48. The van der Waals surface area contributed by atoms with Crippen LogP contribution >= 0.6 is 0 Å². The molecule has 1 heterocycles. The molecular formula is C21H18N2O4S. The third kappa shape index (κ3) is 3.08. The van der Waals surface area contributed by atoms with Gasteiger partial charge in [0.25, 0.3) is 11.8 Å². The Morgan fingerprint density at radius 1 is 0.857 bits per heavy atom. The highest BCUT2D eigenvalue weighted by Gasteiger charge is 2.32. The summed E-state index contributed by atoms with van der Waals surface area (Å²) in [6, 6.07) is 17.1. The Kier molecular flexibility index (Phi) is 4.49. The van der Waals surface area contributed by atoms with Crippen molar-refractivity contribution in [3.05, 3.63) is 77.4 Å². The molecule has 1 N–H and O–H groups in total. The lowest BCUT2D eigenvalue weighted by molar-refractivity contribution is 0.0613. The van der Waals surface area contributed by atoms with E-state index in [1.54, 1.807) is 36.4 Å². The Bertz CT molecular complexity index is 1150. The van der Waals surface area contributed by atoms with Gasteiger partial charge in [-0.2, -0.15) is 0 Å². The molecule has 0 saturated carbocycles. The number of carbonyl (C=O) groups excluding carboxylic acids is 2. The quantitative estimate of drug-likeness (QED) is 0.675. The second-order valence-corrected chi connectivity index (χ2v) is 8.45. The van der Waals surface area contributed by atoms with Gasteiger partial charge in [-0.25, -0.2) is 13.1 Å². The van der Waals surface area contributed by atoms with Gasteiger partial charge in [-0.05, 0) is 36.6 Å². The summed E-state index contributed by atoms with van der Waals surface area (Å²) in [7, 11) is -3.71. The number of hydrogen-bond donors (Lipinski definition) is 1. The number of sulfonamides is 1. The molecule has 7 heteroatoms. The number of nitrogens with one attached hydrogen (secondary N) is 1. The van der Waals surface area contributed by atoms with Gasteiger partial charge in [-0.3, -0.25) is 14.5 Å². The summed E-state index contributed by atoms with van der Waals surface area (Å²) in [5.74, 6) is -0.826. The van der Waals surface area contributed by atoms with Gasteiger partial charge in [-0.15, -0.1) is 0 Å². The van der Waals surface area contributed by atoms with Crippen LogP contribution < -0.4 is 4.72 Å². The highest BCUT2D eigenvalue weighted by molar-refractivity contribution is 7.89. The summed E-state index contributed by atoms with van der Waals surface area (Å²) in [6.45, 7) is 1.76. The van der Waals surface area contributed by atoms with Crippen LogP contribution in [0, 0.1) is 6.92 Å². The van der Waals surface area contributed by atoms with Crippen molar-refractivity contribution in [1.29, 1.82) is 0 Å². The van der Waals surface area contributed by atoms with Crippen LogP contribution in [0.1, 0.15) is 26.3 Å². The third-order valence-electron chi connectivity index (χ3n) is 4.81. The first-order valence-corrected chi connectivity index (χ1v) is 10.3. The largest absolute Gasteiger partial charge is 0.273 e. The van der Waals surface area contributed by atoms with Gasteiger partial charge in [0.05, 0.1) is 4.90 Å². The number of aryl methyl sites for hydroxylation is 1. The van der Waals surface area contributed by atoms with Gasteiger partial charge < -0.3 is 0 Å². The highest BCUT2D eigenvalue weighted by Crippen LogP contribution is 2.29. The van der Waals surface area contributed by atoms with E-state index in [2.05, 4.69) is 4.72 Å². The Hall–Kier alpha value is -3.03. The van der Waals surface area contributed by atoms with Gasteiger partial charge in [0.15, 0.2) is 0 Å². The first kappa shape index (κ1) is 18.3. The molecule has 2 amide bonds. The van der Waals surface area contributed by atoms with Gasteiger partial charge in [0.2, 0.25) is 10.0 Å². The lowest BCUT2D eigenvalue weighted by Crippen LogP contribution is -2.44. The number of amides is 2. The second-order valence-electron chi connectivity index (χ2n) is 6.68. The molecular weight excluding hydrogens is 376 g/mol. The number of carbonyl (C=O) groups is 2. The van der Waals surface area contributed by atoms with E-state index in [9.17, 15) is 18.0 Å². The number of rotatable bonds is 5. The van der Waals surface area contributed by atoms with E-state index in [1.807, 2.05) is 19.1 Å². The molecule has 4 rings (SSSR count). The molecule has 3 aromatic rings. The number of benzene rings is 3. The van der Waals surface area contributed by atoms with Crippen molar-refractivity contribution in [3.8, 4) is 0 Å². The van der Waals surface area contributed by atoms with E-state index in [0.717, 1.165) is 15.8 Å². The van der Waals surface area contributed by atoms with Gasteiger partial charge in [0, 0.05) is 29.6 Å². The lowest BCUT2D eigenvalue weighted by atomic mass is 9.94. The summed E-state index contributed by atoms with van der Waals surface area (Å²) in [6.07, 6.45) is 0. The van der Waals surface area contributed by atoms with Crippen LogP contribution in [0.2, 0.25) is 0 Å². The minimum Gasteiger partial charge on any atom is -0.273 e. The highest BCUT2D eigenvalue weighted by atomic mass is 32.2. The maximum atomic E-state index is 12.8. The summed E-state index contributed by atoms with van der Waals surface area (Å²) in [5.41, 5.74) is 1.86. The lowest BCUT2D eigenvalue weighted by Gasteiger charge is -2.27. The van der Waals surface area contributed by atoms with Crippen molar-refractivity contribution in [2.75, 3.05) is 13.1 Å². The second kappa shape index (κ2) is 6.85. The molecule has 0 spiro atoms. The van der Waals surface area contributed by atoms with E-state index in [-0.39, 0.29) is 18.0 Å². The Morgan fingerprint density at radius 2 is 1.43 bits per heavy atom. The van der Waals surface area contributed by atoms with Crippen molar-refractivity contribution < 1.29 is 18.0 Å². The zero-order valence-electron chi connectivity index (χ0n) is 15.2. The summed E-state index contributed by atoms with van der Waals surface area (Å²) < 4.78 is 27.3. The Morgan fingerprint density at radius 3 is 2.00 bits per heavy atom. The number of imide groups is 1. The van der Waals surface area contributed by atoms with Crippen molar-refractivity contribution in [2.45, 2.75) is 11.8 Å². The monoisotopic (exact) mass is 394 g/mol. The van der Waals surface area contributed by atoms with E-state index in [1.165, 1.54) is 12.1 Å². The predicted molar refractivity (Wildman–Crippen MR) is 106 cm³/mol. The van der Waals surface area contributed by atoms with E-state index < -0.39 is 21.8 Å². The maximum absolute atomic E-state index is 12.8. The topological polar surface area (TPSA) is 83.6 Å². The first-order valence-electron chi connectivity index (χ1n) is 8.83. The molecule has 0 radical (unpaired) electrons. The maximum Gasteiger partial charge on any atom is 0.261 e. The standard InChI is InChI=1S/C21H18N2O4S/c1-14-8-10-16(11-9-14)28(26,27)22-12-13-23-20(24)17-6-2-4-15-5-3-7-18(19(15)17)21(23)25/h2-11,22H,12-13H2,1H3. The molecule has 142 valence electrons. The molecule has 1 aliphatic rings. The fourth-order valence-corrected chi connectivity index (χ4v) is 4.40. The number of nitrogens with zero attached hydrogens (tertiary/aromatic N) is 1. The fourth-order valence-electron chi connectivity index (χ4n) is 3.38. The Labute approximate surface area is 162 Å². The zero-order valence-corrected chi connectivity index (χ0v) is 16.0. The minimum absolute atomic E-state index is 0.0481. The fraction of sp³-hybridized carbons (Fsp3) is 0.143. The van der Waals surface area contributed by atoms with Crippen LogP contribution in [0.4, 0.5) is 0 Å². The van der Waals surface area contributed by atoms with Gasteiger partial charge >= 0.3 is 0 Å². The molecule has 0 atom stereocenters. The smallest absolute Gasteiger partial charge is 0.261 e. The zero-order chi connectivity index (χ0) is 19.9. The van der Waals surface area contributed by atoms with Crippen molar-refractivity contribution in [3.63, 3.8) is 0 Å². The van der Waals surface area contributed by atoms with Crippen LogP contribution in [-0.2, 0) is 10.0 Å². The van der Waals surface area contributed by atoms with Crippen molar-refractivity contribution >= 4 is 32.6 Å². The Balaban J connectivity index is 1.54. The predicted octanol–water partition coefficient (Wildman–Crippen LogP) is 2.72. The summed E-state index contributed by atoms with van der Waals surface area (Å²) >= 11 is 0. The molecule has 0 saturated heterocycles. The van der Waals surface area contributed by atoms with Gasteiger partial charge in [0.1, 0.15) is 0 Å². The van der Waals surface area contributed by atoms with Gasteiger partial charge in [-0.1, -0.05) is 42.0 Å². The average molecular weight is 394 g/mol. The normalized spacial score (nSPS) is 14.0. The molecule has 0 unspecified atom stereocenters. The molecule has 0 aliphatic carbocycles. The molecule has 6 nitrogen and oxygen atoms in total. The van der Waals surface area contributed by atoms with E-state index in [0.29, 0.717) is 16.5 Å². The van der Waals surface area contributed by atoms with E-state index in [4.69, 9.17) is 0 Å².